The molecule has 160 valence electrons. The second-order valence-corrected chi connectivity index (χ2v) is 11.0. The molecule has 0 bridgehead atoms. The summed E-state index contributed by atoms with van der Waals surface area (Å²) < 4.78 is 50.1. The Balaban J connectivity index is 1.44. The van der Waals surface area contributed by atoms with Crippen molar-refractivity contribution in [3.8, 4) is 11.3 Å². The number of carbonyl (C=O) groups is 2. The lowest BCUT2D eigenvalue weighted by atomic mass is 10.1. The van der Waals surface area contributed by atoms with Crippen LogP contribution in [0.15, 0.2) is 18.2 Å². The largest absolute Gasteiger partial charge is 0.338 e. The molecule has 0 spiro atoms. The second kappa shape index (κ2) is 7.69. The quantitative estimate of drug-likeness (QED) is 0.764. The molecule has 2 fully saturated rings. The van der Waals surface area contributed by atoms with Gasteiger partial charge in [0.2, 0.25) is 11.8 Å². The number of nitrogens with one attached hydrogen (secondary N) is 1. The molecule has 11 heteroatoms. The van der Waals surface area contributed by atoms with E-state index in [0.29, 0.717) is 22.8 Å². The molecule has 1 aromatic heterocycles. The number of hydrogen-bond acceptors (Lipinski definition) is 6. The van der Waals surface area contributed by atoms with Gasteiger partial charge in [0.1, 0.15) is 0 Å². The first-order valence-corrected chi connectivity index (χ1v) is 12.0. The van der Waals surface area contributed by atoms with Crippen molar-refractivity contribution in [3.05, 3.63) is 34.7 Å². The lowest BCUT2D eigenvalue weighted by molar-refractivity contribution is -0.129. The van der Waals surface area contributed by atoms with Crippen molar-refractivity contribution < 1.29 is 26.8 Å². The highest BCUT2D eigenvalue weighted by atomic mass is 32.2. The van der Waals surface area contributed by atoms with Gasteiger partial charge in [0.15, 0.2) is 26.6 Å². The monoisotopic (exact) mass is 455 g/mol. The van der Waals surface area contributed by atoms with Gasteiger partial charge < -0.3 is 10.2 Å². The zero-order valence-corrected chi connectivity index (χ0v) is 17.7. The first-order chi connectivity index (χ1) is 14.1. The summed E-state index contributed by atoms with van der Waals surface area (Å²) in [5, 5.41) is 2.99. The van der Waals surface area contributed by atoms with Gasteiger partial charge in [-0.2, -0.15) is 0 Å². The van der Waals surface area contributed by atoms with Gasteiger partial charge in [-0.25, -0.2) is 22.2 Å². The van der Waals surface area contributed by atoms with E-state index < -0.39 is 27.4 Å². The molecule has 0 saturated carbocycles. The molecule has 2 aliphatic heterocycles. The summed E-state index contributed by atoms with van der Waals surface area (Å²) >= 11 is 1.20. The number of anilines is 1. The molecule has 2 aliphatic rings. The van der Waals surface area contributed by atoms with Crippen LogP contribution in [0, 0.1) is 24.5 Å². The van der Waals surface area contributed by atoms with E-state index in [1.54, 1.807) is 6.92 Å². The summed E-state index contributed by atoms with van der Waals surface area (Å²) in [6.07, 6.45) is 0.411. The third kappa shape index (κ3) is 4.08. The summed E-state index contributed by atoms with van der Waals surface area (Å²) in [6, 6.07) is 3.10. The SMILES string of the molecule is Cc1sc(NC(=O)C2CC(=O)N(C3CCS(=O)(=O)C3)C2)nc1-c1ccc(F)c(F)c1. The van der Waals surface area contributed by atoms with Gasteiger partial charge in [-0.15, -0.1) is 11.3 Å². The molecule has 7 nitrogen and oxygen atoms in total. The Morgan fingerprint density at radius 1 is 1.30 bits per heavy atom. The van der Waals surface area contributed by atoms with Crippen molar-refractivity contribution in [1.82, 2.24) is 9.88 Å². The van der Waals surface area contributed by atoms with E-state index in [9.17, 15) is 26.8 Å². The number of aromatic nitrogens is 1. The number of benzene rings is 1. The summed E-state index contributed by atoms with van der Waals surface area (Å²) in [5.74, 6) is -3.14. The second-order valence-electron chi connectivity index (χ2n) is 7.55. The molecule has 0 aliphatic carbocycles. The highest BCUT2D eigenvalue weighted by Gasteiger charge is 2.42. The van der Waals surface area contributed by atoms with Gasteiger partial charge in [0.25, 0.3) is 0 Å². The molecule has 0 radical (unpaired) electrons. The Morgan fingerprint density at radius 2 is 2.07 bits per heavy atom. The predicted octanol–water partition coefficient (Wildman–Crippen LogP) is 2.37. The van der Waals surface area contributed by atoms with Gasteiger partial charge in [-0.05, 0) is 31.5 Å². The van der Waals surface area contributed by atoms with Crippen LogP contribution in [0.2, 0.25) is 0 Å². The standard InChI is InChI=1S/C19H19F2N3O4S2/c1-10-17(11-2-3-14(20)15(21)6-11)22-19(29-10)23-18(26)12-7-16(25)24(8-12)13-4-5-30(27,28)9-13/h2-3,6,12-13H,4-5,7-9H2,1H3,(H,22,23,26). The molecule has 2 saturated heterocycles. The molecule has 2 atom stereocenters. The number of likely N-dealkylation sites (tertiary alicyclic amines) is 1. The summed E-state index contributed by atoms with van der Waals surface area (Å²) in [6.45, 7) is 1.93. The van der Waals surface area contributed by atoms with Crippen LogP contribution in [0.25, 0.3) is 11.3 Å². The van der Waals surface area contributed by atoms with Gasteiger partial charge in [-0.3, -0.25) is 9.59 Å². The number of halogens is 2. The smallest absolute Gasteiger partial charge is 0.231 e. The number of aryl methyl sites for hydroxylation is 1. The van der Waals surface area contributed by atoms with Crippen LogP contribution in [-0.2, 0) is 19.4 Å². The van der Waals surface area contributed by atoms with Gasteiger partial charge >= 0.3 is 0 Å². The van der Waals surface area contributed by atoms with Crippen LogP contribution in [0.5, 0.6) is 0 Å². The molecule has 30 heavy (non-hydrogen) atoms. The molecule has 4 rings (SSSR count). The molecular formula is C19H19F2N3O4S2. The van der Waals surface area contributed by atoms with E-state index >= 15 is 0 Å². The fourth-order valence-corrected chi connectivity index (χ4v) is 6.42. The van der Waals surface area contributed by atoms with E-state index in [1.165, 1.54) is 22.3 Å². The first-order valence-electron chi connectivity index (χ1n) is 9.36. The molecule has 2 amide bonds. The maximum absolute atomic E-state index is 13.5. The third-order valence-corrected chi connectivity index (χ3v) is 8.03. The minimum absolute atomic E-state index is 0.0166. The van der Waals surface area contributed by atoms with Crippen LogP contribution in [0.1, 0.15) is 17.7 Å². The number of amides is 2. The lowest BCUT2D eigenvalue weighted by Gasteiger charge is -2.22. The minimum Gasteiger partial charge on any atom is -0.338 e. The highest BCUT2D eigenvalue weighted by Crippen LogP contribution is 2.32. The Hall–Kier alpha value is -2.40. The van der Waals surface area contributed by atoms with Crippen molar-refractivity contribution in [3.63, 3.8) is 0 Å². The van der Waals surface area contributed by atoms with Crippen LogP contribution >= 0.6 is 11.3 Å². The molecule has 1 aromatic carbocycles. The van der Waals surface area contributed by atoms with Crippen molar-refractivity contribution >= 4 is 38.1 Å². The Labute approximate surface area is 176 Å². The Bertz CT molecular complexity index is 1130. The molecule has 1 N–H and O–H groups in total. The average Bonchev–Trinajstić information content (AvgIpc) is 3.34. The van der Waals surface area contributed by atoms with Gasteiger partial charge in [0, 0.05) is 29.4 Å². The summed E-state index contributed by atoms with van der Waals surface area (Å²) in [4.78, 5) is 31.5. The number of thiazole rings is 1. The molecule has 2 aromatic rings. The number of sulfone groups is 1. The molecular weight excluding hydrogens is 436 g/mol. The fraction of sp³-hybridized carbons (Fsp3) is 0.421. The van der Waals surface area contributed by atoms with Crippen molar-refractivity contribution in [2.45, 2.75) is 25.8 Å². The number of hydrogen-bond donors (Lipinski definition) is 1. The van der Waals surface area contributed by atoms with E-state index in [4.69, 9.17) is 0 Å². The lowest BCUT2D eigenvalue weighted by Crippen LogP contribution is -2.38. The Morgan fingerprint density at radius 3 is 2.73 bits per heavy atom. The van der Waals surface area contributed by atoms with Crippen molar-refractivity contribution in [2.75, 3.05) is 23.4 Å². The first kappa shape index (κ1) is 20.9. The number of carbonyl (C=O) groups excluding carboxylic acids is 2. The minimum atomic E-state index is -3.13. The van der Waals surface area contributed by atoms with Gasteiger partial charge in [-0.1, -0.05) is 0 Å². The van der Waals surface area contributed by atoms with Crippen LogP contribution in [0.3, 0.4) is 0 Å². The third-order valence-electron chi connectivity index (χ3n) is 5.40. The molecule has 2 unspecified atom stereocenters. The van der Waals surface area contributed by atoms with E-state index in [-0.39, 0.29) is 42.3 Å². The van der Waals surface area contributed by atoms with Crippen molar-refractivity contribution in [2.24, 2.45) is 5.92 Å². The van der Waals surface area contributed by atoms with Crippen LogP contribution in [0.4, 0.5) is 13.9 Å². The van der Waals surface area contributed by atoms with E-state index in [1.807, 2.05) is 0 Å². The van der Waals surface area contributed by atoms with E-state index in [0.717, 1.165) is 17.0 Å². The van der Waals surface area contributed by atoms with Crippen LogP contribution < -0.4 is 5.32 Å². The van der Waals surface area contributed by atoms with Crippen LogP contribution in [-0.4, -0.2) is 54.2 Å². The average molecular weight is 456 g/mol. The Kier molecular flexibility index (Phi) is 5.35. The molecule has 3 heterocycles. The normalized spacial score (nSPS) is 23.2. The zero-order valence-electron chi connectivity index (χ0n) is 16.0. The highest BCUT2D eigenvalue weighted by molar-refractivity contribution is 7.91. The zero-order chi connectivity index (χ0) is 21.6. The van der Waals surface area contributed by atoms with Gasteiger partial charge in [0.05, 0.1) is 23.1 Å². The maximum atomic E-state index is 13.5. The summed E-state index contributed by atoms with van der Waals surface area (Å²) in [7, 11) is -3.13. The summed E-state index contributed by atoms with van der Waals surface area (Å²) in [5.41, 5.74) is 0.835. The topological polar surface area (TPSA) is 96.4 Å². The van der Waals surface area contributed by atoms with E-state index in [2.05, 4.69) is 10.3 Å². The fourth-order valence-electron chi connectivity index (χ4n) is 3.85. The number of nitrogens with zero attached hydrogens (tertiary/aromatic N) is 2. The number of rotatable bonds is 4. The van der Waals surface area contributed by atoms with Crippen molar-refractivity contribution in [1.29, 1.82) is 0 Å². The maximum Gasteiger partial charge on any atom is 0.231 e. The predicted molar refractivity (Wildman–Crippen MR) is 108 cm³/mol.